The molecule has 1 aromatic carbocycles. The van der Waals surface area contributed by atoms with Gasteiger partial charge in [-0.15, -0.1) is 0 Å². The lowest BCUT2D eigenvalue weighted by Crippen LogP contribution is -2.41. The molecule has 0 amide bonds. The molecule has 0 spiro atoms. The second-order valence-electron chi connectivity index (χ2n) is 9.80. The van der Waals surface area contributed by atoms with E-state index in [-0.39, 0.29) is 5.04 Å². The topological polar surface area (TPSA) is 37.4 Å². The molecular formula is C24H34ClN3OSSi. The van der Waals surface area contributed by atoms with E-state index >= 15 is 0 Å². The predicted octanol–water partition coefficient (Wildman–Crippen LogP) is 6.83. The molecule has 7 heteroatoms. The Hall–Kier alpha value is -1.47. The lowest BCUT2D eigenvalue weighted by Gasteiger charge is -2.36. The van der Waals surface area contributed by atoms with Crippen LogP contribution in [0.4, 0.5) is 5.69 Å². The highest BCUT2D eigenvalue weighted by atomic mass is 35.5. The minimum absolute atomic E-state index is 0.159. The van der Waals surface area contributed by atoms with Gasteiger partial charge in [-0.2, -0.15) is 0 Å². The summed E-state index contributed by atoms with van der Waals surface area (Å²) in [4.78, 5) is 6.78. The summed E-state index contributed by atoms with van der Waals surface area (Å²) in [6.07, 6.45) is 3.99. The molecule has 2 aromatic rings. The van der Waals surface area contributed by atoms with E-state index in [1.54, 1.807) is 0 Å². The van der Waals surface area contributed by atoms with E-state index in [1.807, 2.05) is 30.5 Å². The summed E-state index contributed by atoms with van der Waals surface area (Å²) in [7, 11) is -1.86. The monoisotopic (exact) mass is 475 g/mol. The number of halogens is 1. The molecule has 0 bridgehead atoms. The second-order valence-corrected chi connectivity index (χ2v) is 15.4. The van der Waals surface area contributed by atoms with Crippen molar-refractivity contribution in [2.45, 2.75) is 64.3 Å². The molecule has 3 rings (SSSR count). The Morgan fingerprint density at radius 3 is 2.55 bits per heavy atom. The Bertz CT molecular complexity index is 893. The molecule has 0 unspecified atom stereocenters. The van der Waals surface area contributed by atoms with E-state index in [0.717, 1.165) is 42.3 Å². The van der Waals surface area contributed by atoms with Crippen LogP contribution in [0.3, 0.4) is 0 Å². The third-order valence-electron chi connectivity index (χ3n) is 6.59. The minimum atomic E-state index is -1.86. The maximum absolute atomic E-state index is 6.44. The molecule has 1 saturated heterocycles. The summed E-state index contributed by atoms with van der Waals surface area (Å²) in [5, 5.41) is 5.08. The lowest BCUT2D eigenvalue weighted by atomic mass is 9.93. The van der Waals surface area contributed by atoms with Gasteiger partial charge >= 0.3 is 0 Å². The van der Waals surface area contributed by atoms with Gasteiger partial charge in [-0.05, 0) is 73.5 Å². The van der Waals surface area contributed by atoms with Crippen LogP contribution in [-0.4, -0.2) is 36.4 Å². The van der Waals surface area contributed by atoms with Crippen molar-refractivity contribution >= 4 is 42.9 Å². The number of hydrogen-bond donors (Lipinski definition) is 1. The number of nitrogens with zero attached hydrogens (tertiary/aromatic N) is 2. The first kappa shape index (κ1) is 24.2. The molecule has 31 heavy (non-hydrogen) atoms. The van der Waals surface area contributed by atoms with Crippen molar-refractivity contribution < 1.29 is 4.43 Å². The van der Waals surface area contributed by atoms with E-state index in [1.165, 1.54) is 5.69 Å². The summed E-state index contributed by atoms with van der Waals surface area (Å²) in [6, 6.07) is 12.0. The van der Waals surface area contributed by atoms with Crippen molar-refractivity contribution in [2.75, 3.05) is 18.4 Å². The Labute approximate surface area is 198 Å². The highest BCUT2D eigenvalue weighted by Gasteiger charge is 2.37. The van der Waals surface area contributed by atoms with Crippen molar-refractivity contribution in [3.63, 3.8) is 0 Å². The summed E-state index contributed by atoms with van der Waals surface area (Å²) < 4.78 is 6.44. The van der Waals surface area contributed by atoms with Crippen LogP contribution in [0.5, 0.6) is 0 Å². The number of nitrogens with one attached hydrogen (secondary N) is 1. The zero-order chi connectivity index (χ0) is 22.6. The Balaban J connectivity index is 1.63. The number of thiocarbonyl (C=S) groups is 1. The lowest BCUT2D eigenvalue weighted by molar-refractivity contribution is 0.277. The largest absolute Gasteiger partial charge is 0.412 e. The molecule has 2 heterocycles. The highest BCUT2D eigenvalue weighted by Crippen LogP contribution is 2.37. The fraction of sp³-hybridized carbons (Fsp3) is 0.500. The van der Waals surface area contributed by atoms with Gasteiger partial charge in [-0.1, -0.05) is 38.4 Å². The van der Waals surface area contributed by atoms with Crippen LogP contribution >= 0.6 is 23.8 Å². The van der Waals surface area contributed by atoms with Gasteiger partial charge in [0.25, 0.3) is 0 Å². The molecule has 1 aliphatic heterocycles. The van der Waals surface area contributed by atoms with Crippen molar-refractivity contribution in [1.82, 2.24) is 9.88 Å². The number of aromatic nitrogens is 1. The fourth-order valence-electron chi connectivity index (χ4n) is 3.47. The predicted molar refractivity (Wildman–Crippen MR) is 137 cm³/mol. The number of pyridine rings is 1. The van der Waals surface area contributed by atoms with E-state index in [9.17, 15) is 0 Å². The molecule has 1 aromatic heterocycles. The molecule has 1 fully saturated rings. The first-order valence-electron chi connectivity index (χ1n) is 11.0. The summed E-state index contributed by atoms with van der Waals surface area (Å²) in [5.41, 5.74) is 3.20. The zero-order valence-electron chi connectivity index (χ0n) is 19.2. The van der Waals surface area contributed by atoms with Gasteiger partial charge < -0.3 is 14.6 Å². The maximum Gasteiger partial charge on any atom is 0.192 e. The fourth-order valence-corrected chi connectivity index (χ4v) is 4.90. The molecule has 0 saturated carbocycles. The number of rotatable bonds is 5. The first-order valence-corrected chi connectivity index (χ1v) is 14.7. The van der Waals surface area contributed by atoms with Gasteiger partial charge in [-0.25, -0.2) is 0 Å². The molecule has 0 radical (unpaired) electrons. The summed E-state index contributed by atoms with van der Waals surface area (Å²) >= 11 is 12.0. The molecule has 1 N–H and O–H groups in total. The van der Waals surface area contributed by atoms with Crippen LogP contribution in [0.25, 0.3) is 0 Å². The van der Waals surface area contributed by atoms with Crippen LogP contribution in [-0.2, 0) is 11.0 Å². The number of anilines is 1. The average Bonchev–Trinajstić information content (AvgIpc) is 2.74. The Kier molecular flexibility index (Phi) is 7.79. The van der Waals surface area contributed by atoms with E-state index < -0.39 is 8.32 Å². The van der Waals surface area contributed by atoms with Gasteiger partial charge in [0.2, 0.25) is 0 Å². The Morgan fingerprint density at radius 1 is 1.23 bits per heavy atom. The smallest absolute Gasteiger partial charge is 0.192 e. The van der Waals surface area contributed by atoms with Gasteiger partial charge in [-0.3, -0.25) is 4.98 Å². The molecule has 4 nitrogen and oxygen atoms in total. The molecule has 1 aliphatic rings. The standard InChI is InChI=1S/C24H34ClN3OSSi/c1-24(2,3)31(4,5)29-17-19-16-20(25)9-10-22(19)27-23(30)28-14-11-18(12-15-28)21-8-6-7-13-26-21/h6-10,13,16,18H,11-12,14-15,17H2,1-5H3,(H,27,30). The number of hydrogen-bond acceptors (Lipinski definition) is 3. The van der Waals surface area contributed by atoms with Crippen molar-refractivity contribution in [2.24, 2.45) is 0 Å². The maximum atomic E-state index is 6.44. The minimum Gasteiger partial charge on any atom is -0.412 e. The third kappa shape index (κ3) is 6.28. The van der Waals surface area contributed by atoms with Crippen LogP contribution < -0.4 is 5.32 Å². The normalized spacial score (nSPS) is 15.7. The highest BCUT2D eigenvalue weighted by molar-refractivity contribution is 7.80. The van der Waals surface area contributed by atoms with E-state index in [4.69, 9.17) is 28.2 Å². The van der Waals surface area contributed by atoms with Crippen molar-refractivity contribution in [3.8, 4) is 0 Å². The summed E-state index contributed by atoms with van der Waals surface area (Å²) in [5.74, 6) is 0.504. The van der Waals surface area contributed by atoms with Crippen LogP contribution in [0, 0.1) is 0 Å². The SMILES string of the molecule is CC(C)(C)[Si](C)(C)OCc1cc(Cl)ccc1NC(=S)N1CCC(c2ccccn2)CC1. The average molecular weight is 476 g/mol. The van der Waals surface area contributed by atoms with Crippen LogP contribution in [0.2, 0.25) is 23.2 Å². The van der Waals surface area contributed by atoms with Gasteiger partial charge in [0.1, 0.15) is 0 Å². The number of benzene rings is 1. The molecule has 168 valence electrons. The quantitative estimate of drug-likeness (QED) is 0.378. The summed E-state index contributed by atoms with van der Waals surface area (Å²) in [6.45, 7) is 13.7. The second kappa shape index (κ2) is 9.99. The van der Waals surface area contributed by atoms with E-state index in [2.05, 4.69) is 61.2 Å². The van der Waals surface area contributed by atoms with Gasteiger partial charge in [0.05, 0.1) is 6.61 Å². The number of likely N-dealkylation sites (tertiary alicyclic amines) is 1. The first-order chi connectivity index (χ1) is 14.6. The van der Waals surface area contributed by atoms with E-state index in [0.29, 0.717) is 17.5 Å². The van der Waals surface area contributed by atoms with Crippen molar-refractivity contribution in [1.29, 1.82) is 0 Å². The third-order valence-corrected chi connectivity index (χ3v) is 11.7. The Morgan fingerprint density at radius 2 is 1.94 bits per heavy atom. The van der Waals surface area contributed by atoms with Gasteiger partial charge in [0.15, 0.2) is 13.4 Å². The zero-order valence-corrected chi connectivity index (χ0v) is 21.8. The van der Waals surface area contributed by atoms with Gasteiger partial charge in [0, 0.05) is 47.2 Å². The molecular weight excluding hydrogens is 442 g/mol. The molecule has 0 aliphatic carbocycles. The van der Waals surface area contributed by atoms with Crippen molar-refractivity contribution in [3.05, 3.63) is 58.9 Å². The number of piperidine rings is 1. The van der Waals surface area contributed by atoms with Crippen LogP contribution in [0.15, 0.2) is 42.6 Å². The van der Waals surface area contributed by atoms with Crippen LogP contribution in [0.1, 0.15) is 50.8 Å². The molecule has 0 atom stereocenters.